The van der Waals surface area contributed by atoms with E-state index in [1.807, 2.05) is 30.1 Å². The fraction of sp³-hybridized carbons (Fsp3) is 0.474. The van der Waals surface area contributed by atoms with E-state index in [-0.39, 0.29) is 34.9 Å². The van der Waals surface area contributed by atoms with Gasteiger partial charge in [0.2, 0.25) is 0 Å². The Morgan fingerprint density at radius 3 is 2.48 bits per heavy atom. The van der Waals surface area contributed by atoms with Gasteiger partial charge in [0.25, 0.3) is 0 Å². The van der Waals surface area contributed by atoms with E-state index in [9.17, 15) is 0 Å². The maximum absolute atomic E-state index is 4.49. The van der Waals surface area contributed by atoms with Crippen molar-refractivity contribution in [1.29, 1.82) is 0 Å². The van der Waals surface area contributed by atoms with Gasteiger partial charge < -0.3 is 10.2 Å². The van der Waals surface area contributed by atoms with Crippen LogP contribution in [0.2, 0.25) is 0 Å². The zero-order valence-corrected chi connectivity index (χ0v) is 18.0. The lowest BCUT2D eigenvalue weighted by atomic mass is 9.65. The first kappa shape index (κ1) is 19.8. The molecule has 2 heterocycles. The van der Waals surface area contributed by atoms with E-state index >= 15 is 0 Å². The highest BCUT2D eigenvalue weighted by atomic mass is 127. The topological polar surface area (TPSA) is 45.5 Å². The van der Waals surface area contributed by atoms with E-state index in [0.717, 1.165) is 24.7 Å². The van der Waals surface area contributed by atoms with Gasteiger partial charge >= 0.3 is 0 Å². The Balaban J connectivity index is 0.00000225. The highest BCUT2D eigenvalue weighted by molar-refractivity contribution is 14.0. The summed E-state index contributed by atoms with van der Waals surface area (Å²) >= 11 is 0. The van der Waals surface area contributed by atoms with Crippen LogP contribution in [0, 0.1) is 5.41 Å². The molecule has 0 amide bonds. The van der Waals surface area contributed by atoms with Crippen LogP contribution in [0.25, 0.3) is 5.69 Å². The average Bonchev–Trinajstić information content (AvgIpc) is 3.09. The van der Waals surface area contributed by atoms with Crippen molar-refractivity contribution >= 4 is 29.9 Å². The van der Waals surface area contributed by atoms with Crippen LogP contribution in [0.15, 0.2) is 47.7 Å². The number of rotatable bonds is 3. The molecule has 1 fully saturated rings. The van der Waals surface area contributed by atoms with Crippen molar-refractivity contribution in [3.8, 4) is 5.69 Å². The summed E-state index contributed by atoms with van der Waals surface area (Å²) in [7, 11) is 1.85. The third-order valence-electron chi connectivity index (χ3n) is 5.53. The Hall–Kier alpha value is -1.57. The molecule has 2 aromatic rings. The number of hydrogen-bond donors (Lipinski definition) is 1. The van der Waals surface area contributed by atoms with Gasteiger partial charge in [0.05, 0.1) is 5.69 Å². The molecule has 1 aromatic carbocycles. The van der Waals surface area contributed by atoms with Gasteiger partial charge in [0.1, 0.15) is 0 Å². The Morgan fingerprint density at radius 2 is 1.92 bits per heavy atom. The molecular formula is C19H28IN5. The van der Waals surface area contributed by atoms with Gasteiger partial charge in [-0.2, -0.15) is 5.10 Å². The molecule has 6 heteroatoms. The molecule has 0 atom stereocenters. The molecule has 136 valence electrons. The first-order chi connectivity index (χ1) is 11.4. The second-order valence-corrected chi connectivity index (χ2v) is 7.51. The zero-order valence-electron chi connectivity index (χ0n) is 15.7. The minimum absolute atomic E-state index is 0. The molecule has 5 nitrogen and oxygen atoms in total. The van der Waals surface area contributed by atoms with E-state index in [0.29, 0.717) is 0 Å². The van der Waals surface area contributed by atoms with Crippen molar-refractivity contribution in [2.75, 3.05) is 13.6 Å². The Bertz CT molecular complexity index is 734. The maximum Gasteiger partial charge on any atom is 0.194 e. The molecule has 0 aliphatic carbocycles. The first-order valence-corrected chi connectivity index (χ1v) is 8.43. The Labute approximate surface area is 167 Å². The number of halogens is 1. The molecule has 0 unspecified atom stereocenters. The lowest BCUT2D eigenvalue weighted by molar-refractivity contribution is -0.0667. The maximum atomic E-state index is 4.49. The molecule has 0 saturated carbocycles. The summed E-state index contributed by atoms with van der Waals surface area (Å²) < 4.78 is 1.90. The SMILES string of the molecule is CN=C(NCc1ccccc1-n1cccn1)N1CC(C)(C)C1(C)C.I. The minimum atomic E-state index is 0. The van der Waals surface area contributed by atoms with E-state index < -0.39 is 0 Å². The van der Waals surface area contributed by atoms with E-state index in [1.54, 1.807) is 6.20 Å². The average molecular weight is 453 g/mol. The van der Waals surface area contributed by atoms with Crippen molar-refractivity contribution in [2.45, 2.75) is 39.8 Å². The van der Waals surface area contributed by atoms with Crippen LogP contribution in [0.4, 0.5) is 0 Å². The summed E-state index contributed by atoms with van der Waals surface area (Å²) in [4.78, 5) is 6.84. The Kier molecular flexibility index (Phi) is 5.81. The van der Waals surface area contributed by atoms with Gasteiger partial charge in [-0.3, -0.25) is 4.99 Å². The fourth-order valence-corrected chi connectivity index (χ4v) is 3.16. The molecule has 0 radical (unpaired) electrons. The minimum Gasteiger partial charge on any atom is -0.352 e. The fourth-order valence-electron chi connectivity index (χ4n) is 3.16. The van der Waals surface area contributed by atoms with Gasteiger partial charge in [-0.25, -0.2) is 4.68 Å². The van der Waals surface area contributed by atoms with Crippen molar-refractivity contribution in [3.05, 3.63) is 48.3 Å². The molecule has 1 aromatic heterocycles. The van der Waals surface area contributed by atoms with Crippen molar-refractivity contribution < 1.29 is 0 Å². The summed E-state index contributed by atoms with van der Waals surface area (Å²) in [5.74, 6) is 0.953. The van der Waals surface area contributed by atoms with Gasteiger partial charge in [-0.15, -0.1) is 24.0 Å². The highest BCUT2D eigenvalue weighted by Crippen LogP contribution is 2.46. The number of aliphatic imine (C=N–C) groups is 1. The molecule has 3 rings (SSSR count). The number of hydrogen-bond acceptors (Lipinski definition) is 2. The number of guanidine groups is 1. The van der Waals surface area contributed by atoms with Crippen LogP contribution in [0.3, 0.4) is 0 Å². The number of likely N-dealkylation sites (tertiary alicyclic amines) is 1. The van der Waals surface area contributed by atoms with Crippen LogP contribution in [-0.2, 0) is 6.54 Å². The third-order valence-corrected chi connectivity index (χ3v) is 5.53. The monoisotopic (exact) mass is 453 g/mol. The number of benzene rings is 1. The summed E-state index contributed by atoms with van der Waals surface area (Å²) in [6.45, 7) is 10.9. The molecule has 1 aliphatic rings. The zero-order chi connectivity index (χ0) is 17.4. The molecular weight excluding hydrogens is 425 g/mol. The second kappa shape index (κ2) is 7.35. The second-order valence-electron chi connectivity index (χ2n) is 7.51. The van der Waals surface area contributed by atoms with Gasteiger partial charge in [0.15, 0.2) is 5.96 Å². The summed E-state index contributed by atoms with van der Waals surface area (Å²) in [6, 6.07) is 10.2. The highest BCUT2D eigenvalue weighted by Gasteiger charge is 2.53. The molecule has 1 N–H and O–H groups in total. The standard InChI is InChI=1S/C19H27N5.HI/c1-18(2)14-23(19(18,3)4)17(20-5)21-13-15-9-6-7-10-16(15)24-12-8-11-22-24;/h6-12H,13-14H2,1-5H3,(H,20,21);1H. The number of nitrogens with zero attached hydrogens (tertiary/aromatic N) is 4. The number of aromatic nitrogens is 2. The predicted molar refractivity (Wildman–Crippen MR) is 114 cm³/mol. The lowest BCUT2D eigenvalue weighted by Crippen LogP contribution is -2.72. The third kappa shape index (κ3) is 3.54. The van der Waals surface area contributed by atoms with Crippen molar-refractivity contribution in [1.82, 2.24) is 20.0 Å². The van der Waals surface area contributed by atoms with Crippen molar-refractivity contribution in [2.24, 2.45) is 10.4 Å². The summed E-state index contributed by atoms with van der Waals surface area (Å²) in [5.41, 5.74) is 2.67. The molecule has 25 heavy (non-hydrogen) atoms. The van der Waals surface area contributed by atoms with Crippen LogP contribution in [0.1, 0.15) is 33.3 Å². The quantitative estimate of drug-likeness (QED) is 0.438. The lowest BCUT2D eigenvalue weighted by Gasteiger charge is -2.62. The summed E-state index contributed by atoms with van der Waals surface area (Å²) in [6.07, 6.45) is 3.77. The largest absolute Gasteiger partial charge is 0.352 e. The van der Waals surface area contributed by atoms with E-state index in [4.69, 9.17) is 0 Å². The smallest absolute Gasteiger partial charge is 0.194 e. The predicted octanol–water partition coefficient (Wildman–Crippen LogP) is 3.69. The molecule has 0 bridgehead atoms. The Morgan fingerprint density at radius 1 is 1.20 bits per heavy atom. The molecule has 0 spiro atoms. The van der Waals surface area contributed by atoms with Crippen LogP contribution in [0.5, 0.6) is 0 Å². The van der Waals surface area contributed by atoms with E-state index in [2.05, 4.69) is 66.2 Å². The molecule has 1 saturated heterocycles. The normalized spacial score (nSPS) is 18.3. The van der Waals surface area contributed by atoms with Gasteiger partial charge in [-0.1, -0.05) is 32.0 Å². The van der Waals surface area contributed by atoms with Gasteiger partial charge in [-0.05, 0) is 31.5 Å². The summed E-state index contributed by atoms with van der Waals surface area (Å²) in [5, 5.41) is 7.87. The number of nitrogens with one attached hydrogen (secondary N) is 1. The van der Waals surface area contributed by atoms with Crippen LogP contribution >= 0.6 is 24.0 Å². The number of para-hydroxylation sites is 1. The van der Waals surface area contributed by atoms with E-state index in [1.165, 1.54) is 5.56 Å². The van der Waals surface area contributed by atoms with Crippen LogP contribution < -0.4 is 5.32 Å². The first-order valence-electron chi connectivity index (χ1n) is 8.43. The van der Waals surface area contributed by atoms with Gasteiger partial charge in [0, 0.05) is 43.5 Å². The van der Waals surface area contributed by atoms with Crippen molar-refractivity contribution in [3.63, 3.8) is 0 Å². The molecule has 1 aliphatic heterocycles. The van der Waals surface area contributed by atoms with Crippen LogP contribution in [-0.4, -0.2) is 39.8 Å².